The number of carbonyl (C=O) groups excluding carboxylic acids is 1. The summed E-state index contributed by atoms with van der Waals surface area (Å²) in [5.74, 6) is -2.05. The van der Waals surface area contributed by atoms with Gasteiger partial charge in [0.1, 0.15) is 23.3 Å². The molecule has 0 spiro atoms. The van der Waals surface area contributed by atoms with Crippen molar-refractivity contribution in [1.82, 2.24) is 9.97 Å². The van der Waals surface area contributed by atoms with Crippen molar-refractivity contribution in [1.29, 1.82) is 0 Å². The van der Waals surface area contributed by atoms with Crippen LogP contribution in [0.1, 0.15) is 38.4 Å². The number of aromatic nitrogens is 2. The highest BCUT2D eigenvalue weighted by Crippen LogP contribution is 2.39. The van der Waals surface area contributed by atoms with Gasteiger partial charge in [0.2, 0.25) is 5.91 Å². The number of hydrogen-bond acceptors (Lipinski definition) is 5. The second kappa shape index (κ2) is 7.69. The second-order valence-corrected chi connectivity index (χ2v) is 8.41. The lowest BCUT2D eigenvalue weighted by Crippen LogP contribution is -2.51. The number of carbonyl (C=O) groups is 1. The van der Waals surface area contributed by atoms with Crippen LogP contribution < -0.4 is 14.5 Å². The summed E-state index contributed by atoms with van der Waals surface area (Å²) in [5.41, 5.74) is 0.768. The maximum Gasteiger partial charge on any atom is 0.249 e. The molecule has 6 nitrogen and oxygen atoms in total. The summed E-state index contributed by atoms with van der Waals surface area (Å²) < 4.78 is 45.3. The van der Waals surface area contributed by atoms with Crippen LogP contribution in [-0.4, -0.2) is 41.1 Å². The van der Waals surface area contributed by atoms with E-state index in [9.17, 15) is 18.0 Å². The number of anilines is 2. The van der Waals surface area contributed by atoms with Gasteiger partial charge in [-0.15, -0.1) is 0 Å². The Hall–Kier alpha value is -2.84. The first-order valence-corrected chi connectivity index (χ1v) is 10.7. The van der Waals surface area contributed by atoms with Gasteiger partial charge in [0.15, 0.2) is 23.3 Å². The van der Waals surface area contributed by atoms with E-state index in [2.05, 4.69) is 9.88 Å². The average Bonchev–Trinajstić information content (AvgIpc) is 3.21. The zero-order valence-electron chi connectivity index (χ0n) is 17.2. The number of halogens is 3. The highest BCUT2D eigenvalue weighted by atomic mass is 19.2. The van der Waals surface area contributed by atoms with Gasteiger partial charge in [0, 0.05) is 31.6 Å². The predicted molar refractivity (Wildman–Crippen MR) is 108 cm³/mol. The number of benzene rings is 1. The molecular weight excluding hydrogens is 409 g/mol. The van der Waals surface area contributed by atoms with Gasteiger partial charge in [-0.1, -0.05) is 0 Å². The Kier molecular flexibility index (Phi) is 4.98. The summed E-state index contributed by atoms with van der Waals surface area (Å²) in [6, 6.07) is 1.60. The summed E-state index contributed by atoms with van der Waals surface area (Å²) in [5, 5.41) is 0. The molecule has 1 amide bonds. The molecule has 2 aliphatic heterocycles. The Morgan fingerprint density at radius 3 is 2.65 bits per heavy atom. The van der Waals surface area contributed by atoms with E-state index in [0.29, 0.717) is 31.7 Å². The first-order valence-electron chi connectivity index (χ1n) is 10.7. The van der Waals surface area contributed by atoms with Crippen molar-refractivity contribution in [3.63, 3.8) is 0 Å². The number of amides is 1. The van der Waals surface area contributed by atoms with Gasteiger partial charge in [0.05, 0.1) is 12.3 Å². The Bertz CT molecular complexity index is 1000. The smallest absolute Gasteiger partial charge is 0.249 e. The SMILES string of the molecule is CCN1C(=O)[C@H]2CCCN2c2nc(CC3CC(Oc4cc(F)c(F)c(F)c4)C3)ncc21. The molecule has 3 aliphatic rings. The van der Waals surface area contributed by atoms with Gasteiger partial charge in [-0.25, -0.2) is 23.1 Å². The Balaban J connectivity index is 1.25. The molecule has 31 heavy (non-hydrogen) atoms. The van der Waals surface area contributed by atoms with E-state index in [4.69, 9.17) is 9.72 Å². The molecule has 3 heterocycles. The minimum atomic E-state index is -1.49. The minimum Gasteiger partial charge on any atom is -0.490 e. The molecule has 1 atom stereocenters. The third kappa shape index (κ3) is 3.49. The van der Waals surface area contributed by atoms with E-state index in [1.165, 1.54) is 0 Å². The number of nitrogens with zero attached hydrogens (tertiary/aromatic N) is 4. The fourth-order valence-electron chi connectivity index (χ4n) is 4.79. The van der Waals surface area contributed by atoms with Gasteiger partial charge in [-0.3, -0.25) is 4.79 Å². The average molecular weight is 432 g/mol. The Morgan fingerprint density at radius 2 is 1.94 bits per heavy atom. The standard InChI is InChI=1S/C22H23F3N4O2/c1-2-28-18-11-26-19(27-21(18)29-5-3-4-17(29)22(28)30)8-12-6-13(7-12)31-14-9-15(23)20(25)16(24)10-14/h9-13,17H,2-8H2,1H3/t12?,13?,17-/m1/s1. The first-order chi connectivity index (χ1) is 14.9. The summed E-state index contributed by atoms with van der Waals surface area (Å²) in [7, 11) is 0. The quantitative estimate of drug-likeness (QED) is 0.676. The Morgan fingerprint density at radius 1 is 1.19 bits per heavy atom. The molecule has 2 aromatic rings. The van der Waals surface area contributed by atoms with Crippen molar-refractivity contribution in [3.05, 3.63) is 41.6 Å². The number of fused-ring (bicyclic) bond motifs is 3. The lowest BCUT2D eigenvalue weighted by Gasteiger charge is -2.38. The summed E-state index contributed by atoms with van der Waals surface area (Å²) >= 11 is 0. The zero-order valence-corrected chi connectivity index (χ0v) is 17.2. The third-order valence-corrected chi connectivity index (χ3v) is 6.41. The number of hydrogen-bond donors (Lipinski definition) is 0. The van der Waals surface area contributed by atoms with Crippen molar-refractivity contribution in [2.24, 2.45) is 5.92 Å². The molecule has 0 unspecified atom stereocenters. The van der Waals surface area contributed by atoms with E-state index in [1.54, 1.807) is 11.1 Å². The van der Waals surface area contributed by atoms with Gasteiger partial charge < -0.3 is 14.5 Å². The molecule has 1 saturated heterocycles. The van der Waals surface area contributed by atoms with Crippen LogP contribution in [0.2, 0.25) is 0 Å². The largest absolute Gasteiger partial charge is 0.490 e. The molecule has 0 bridgehead atoms. The molecule has 0 N–H and O–H groups in total. The van der Waals surface area contributed by atoms with E-state index in [0.717, 1.165) is 48.8 Å². The van der Waals surface area contributed by atoms with E-state index in [-0.39, 0.29) is 23.8 Å². The molecule has 1 aromatic heterocycles. The molecule has 0 radical (unpaired) electrons. The third-order valence-electron chi connectivity index (χ3n) is 6.41. The van der Waals surface area contributed by atoms with Crippen LogP contribution in [0, 0.1) is 23.4 Å². The monoisotopic (exact) mass is 432 g/mol. The predicted octanol–water partition coefficient (Wildman–Crippen LogP) is 3.63. The van der Waals surface area contributed by atoms with Crippen LogP contribution >= 0.6 is 0 Å². The molecule has 1 aromatic carbocycles. The molecule has 9 heteroatoms. The van der Waals surface area contributed by atoms with Crippen molar-refractivity contribution >= 4 is 17.4 Å². The van der Waals surface area contributed by atoms with Crippen molar-refractivity contribution in [2.75, 3.05) is 22.9 Å². The van der Waals surface area contributed by atoms with Gasteiger partial charge in [-0.2, -0.15) is 0 Å². The topological polar surface area (TPSA) is 58.6 Å². The van der Waals surface area contributed by atoms with E-state index in [1.807, 2.05) is 6.92 Å². The fraction of sp³-hybridized carbons (Fsp3) is 0.500. The molecule has 1 aliphatic carbocycles. The van der Waals surface area contributed by atoms with Gasteiger partial charge >= 0.3 is 0 Å². The lowest BCUT2D eigenvalue weighted by molar-refractivity contribution is -0.119. The maximum absolute atomic E-state index is 13.3. The molecular formula is C22H23F3N4O2. The number of likely N-dealkylation sites (N-methyl/N-ethyl adjacent to an activating group) is 1. The van der Waals surface area contributed by atoms with Crippen LogP contribution in [0.15, 0.2) is 18.3 Å². The minimum absolute atomic E-state index is 0.00530. The zero-order chi connectivity index (χ0) is 21.7. The van der Waals surface area contributed by atoms with Crippen LogP contribution in [0.4, 0.5) is 24.7 Å². The van der Waals surface area contributed by atoms with Crippen LogP contribution in [-0.2, 0) is 11.2 Å². The molecule has 164 valence electrons. The number of ether oxygens (including phenoxy) is 1. The second-order valence-electron chi connectivity index (χ2n) is 8.41. The summed E-state index contributed by atoms with van der Waals surface area (Å²) in [6.45, 7) is 3.36. The van der Waals surface area contributed by atoms with Gasteiger partial charge in [-0.05, 0) is 38.5 Å². The molecule has 1 saturated carbocycles. The highest BCUT2D eigenvalue weighted by Gasteiger charge is 2.42. The van der Waals surface area contributed by atoms with E-state index < -0.39 is 17.5 Å². The normalized spacial score (nSPS) is 24.6. The summed E-state index contributed by atoms with van der Waals surface area (Å²) in [4.78, 5) is 25.9. The van der Waals surface area contributed by atoms with Crippen LogP contribution in [0.25, 0.3) is 0 Å². The van der Waals surface area contributed by atoms with Crippen molar-refractivity contribution < 1.29 is 22.7 Å². The summed E-state index contributed by atoms with van der Waals surface area (Å²) in [6.07, 6.45) is 5.45. The number of rotatable bonds is 5. The van der Waals surface area contributed by atoms with Crippen LogP contribution in [0.5, 0.6) is 5.75 Å². The van der Waals surface area contributed by atoms with Crippen molar-refractivity contribution in [3.8, 4) is 5.75 Å². The highest BCUT2D eigenvalue weighted by molar-refractivity contribution is 6.04. The molecule has 2 fully saturated rings. The lowest BCUT2D eigenvalue weighted by atomic mass is 9.80. The van der Waals surface area contributed by atoms with Gasteiger partial charge in [0.25, 0.3) is 0 Å². The van der Waals surface area contributed by atoms with E-state index >= 15 is 0 Å². The van der Waals surface area contributed by atoms with Crippen LogP contribution in [0.3, 0.4) is 0 Å². The maximum atomic E-state index is 13.3. The fourth-order valence-corrected chi connectivity index (χ4v) is 4.79. The van der Waals surface area contributed by atoms with Crippen molar-refractivity contribution in [2.45, 2.75) is 51.2 Å². The first kappa shape index (κ1) is 20.1. The Labute approximate surface area is 178 Å². The molecule has 5 rings (SSSR count).